The fourth-order valence-electron chi connectivity index (χ4n) is 6.47. The summed E-state index contributed by atoms with van der Waals surface area (Å²) in [5, 5.41) is 3.29. The lowest BCUT2D eigenvalue weighted by molar-refractivity contribution is -0.135. The van der Waals surface area contributed by atoms with Crippen molar-refractivity contribution in [1.29, 1.82) is 0 Å². The van der Waals surface area contributed by atoms with Gasteiger partial charge in [-0.3, -0.25) is 9.59 Å². The molecule has 0 aromatic heterocycles. The molecule has 0 spiro atoms. The zero-order valence-corrected chi connectivity index (χ0v) is 26.5. The van der Waals surface area contributed by atoms with E-state index >= 15 is 0 Å². The van der Waals surface area contributed by atoms with Gasteiger partial charge in [-0.15, -0.1) is 0 Å². The number of nitrogens with zero attached hydrogens (tertiary/aromatic N) is 2. The molecule has 2 heterocycles. The van der Waals surface area contributed by atoms with Gasteiger partial charge in [0.2, 0.25) is 11.8 Å². The number of likely N-dealkylation sites (N-methyl/N-ethyl adjacent to an activating group) is 1. The molecular formula is C34H47N3O6. The quantitative estimate of drug-likeness (QED) is 0.365. The predicted molar refractivity (Wildman–Crippen MR) is 165 cm³/mol. The average molecular weight is 594 g/mol. The molecule has 1 N–H and O–H groups in total. The van der Waals surface area contributed by atoms with Crippen LogP contribution in [-0.2, 0) is 24.5 Å². The van der Waals surface area contributed by atoms with Gasteiger partial charge < -0.3 is 29.3 Å². The van der Waals surface area contributed by atoms with Crippen LogP contribution in [0.3, 0.4) is 0 Å². The van der Waals surface area contributed by atoms with Crippen molar-refractivity contribution in [2.75, 3.05) is 39.9 Å². The number of para-hydroxylation sites is 2. The number of amides is 3. The lowest BCUT2D eigenvalue weighted by atomic mass is 9.69. The first-order valence-corrected chi connectivity index (χ1v) is 15.4. The van der Waals surface area contributed by atoms with Gasteiger partial charge in [0.15, 0.2) is 0 Å². The molecule has 0 radical (unpaired) electrons. The summed E-state index contributed by atoms with van der Waals surface area (Å²) < 4.78 is 17.3. The summed E-state index contributed by atoms with van der Waals surface area (Å²) in [6.45, 7) is 11.0. The fraction of sp³-hybridized carbons (Fsp3) is 0.559. The van der Waals surface area contributed by atoms with Crippen LogP contribution in [0, 0.1) is 5.92 Å². The third kappa shape index (κ3) is 7.50. The normalized spacial score (nSPS) is 19.0. The summed E-state index contributed by atoms with van der Waals surface area (Å²) in [7, 11) is 1.71. The average Bonchev–Trinajstić information content (AvgIpc) is 2.97. The van der Waals surface area contributed by atoms with Crippen molar-refractivity contribution in [2.45, 2.75) is 77.4 Å². The van der Waals surface area contributed by atoms with E-state index in [1.165, 1.54) is 6.92 Å². The van der Waals surface area contributed by atoms with Gasteiger partial charge in [0.25, 0.3) is 0 Å². The van der Waals surface area contributed by atoms with Crippen LogP contribution in [0.25, 0.3) is 0 Å². The first-order valence-electron chi connectivity index (χ1n) is 15.4. The maximum atomic E-state index is 14.0. The van der Waals surface area contributed by atoms with Gasteiger partial charge in [-0.1, -0.05) is 36.4 Å². The molecule has 3 amide bonds. The van der Waals surface area contributed by atoms with Gasteiger partial charge >= 0.3 is 6.09 Å². The highest BCUT2D eigenvalue weighted by atomic mass is 16.6. The number of piperidine rings is 1. The van der Waals surface area contributed by atoms with E-state index < -0.39 is 23.0 Å². The second kappa shape index (κ2) is 13.8. The van der Waals surface area contributed by atoms with E-state index in [1.54, 1.807) is 16.9 Å². The van der Waals surface area contributed by atoms with Gasteiger partial charge in [0, 0.05) is 63.4 Å². The van der Waals surface area contributed by atoms with Crippen LogP contribution in [-0.4, -0.2) is 79.2 Å². The highest BCUT2D eigenvalue weighted by Crippen LogP contribution is 2.50. The number of hydrogen-bond acceptors (Lipinski definition) is 6. The summed E-state index contributed by atoms with van der Waals surface area (Å²) >= 11 is 0. The number of hydrogen-bond donors (Lipinski definition) is 1. The van der Waals surface area contributed by atoms with Crippen molar-refractivity contribution in [3.63, 3.8) is 0 Å². The lowest BCUT2D eigenvalue weighted by Crippen LogP contribution is -2.57. The number of benzene rings is 2. The Morgan fingerprint density at radius 3 is 2.21 bits per heavy atom. The van der Waals surface area contributed by atoms with E-state index in [-0.39, 0.29) is 24.4 Å². The van der Waals surface area contributed by atoms with Crippen LogP contribution in [0.2, 0.25) is 0 Å². The van der Waals surface area contributed by atoms with Gasteiger partial charge in [-0.25, -0.2) is 4.79 Å². The Morgan fingerprint density at radius 1 is 1.02 bits per heavy atom. The smallest absolute Gasteiger partial charge is 0.410 e. The van der Waals surface area contributed by atoms with Crippen LogP contribution < -0.4 is 10.1 Å². The molecule has 2 aromatic carbocycles. The maximum absolute atomic E-state index is 14.0. The van der Waals surface area contributed by atoms with E-state index in [9.17, 15) is 14.4 Å². The number of methoxy groups -OCH3 is 1. The van der Waals surface area contributed by atoms with Crippen molar-refractivity contribution in [1.82, 2.24) is 15.1 Å². The minimum atomic E-state index is -0.675. The molecule has 0 unspecified atom stereocenters. The van der Waals surface area contributed by atoms with Gasteiger partial charge in [-0.05, 0) is 65.5 Å². The van der Waals surface area contributed by atoms with Crippen molar-refractivity contribution in [2.24, 2.45) is 5.92 Å². The maximum Gasteiger partial charge on any atom is 0.410 e. The van der Waals surface area contributed by atoms with Crippen molar-refractivity contribution in [3.05, 3.63) is 59.7 Å². The van der Waals surface area contributed by atoms with E-state index in [0.29, 0.717) is 32.7 Å². The topological polar surface area (TPSA) is 97.4 Å². The minimum Gasteiger partial charge on any atom is -0.457 e. The zero-order valence-electron chi connectivity index (χ0n) is 26.5. The molecule has 4 rings (SSSR count). The molecule has 1 saturated heterocycles. The van der Waals surface area contributed by atoms with E-state index in [4.69, 9.17) is 14.2 Å². The molecule has 43 heavy (non-hydrogen) atoms. The number of unbranched alkanes of at least 4 members (excludes halogenated alkanes) is 1. The lowest BCUT2D eigenvalue weighted by Gasteiger charge is -2.43. The van der Waals surface area contributed by atoms with Crippen LogP contribution in [0.5, 0.6) is 11.5 Å². The molecule has 9 nitrogen and oxygen atoms in total. The number of ether oxygens (including phenoxy) is 3. The monoisotopic (exact) mass is 593 g/mol. The highest BCUT2D eigenvalue weighted by molar-refractivity contribution is 5.81. The highest BCUT2D eigenvalue weighted by Gasteiger charge is 2.43. The largest absolute Gasteiger partial charge is 0.457 e. The van der Waals surface area contributed by atoms with Crippen LogP contribution in [0.1, 0.15) is 71.4 Å². The van der Waals surface area contributed by atoms with Crippen molar-refractivity contribution >= 4 is 17.9 Å². The molecule has 2 aromatic rings. The zero-order chi connectivity index (χ0) is 31.2. The summed E-state index contributed by atoms with van der Waals surface area (Å²) in [6, 6.07) is 15.8. The first-order chi connectivity index (χ1) is 20.5. The van der Waals surface area contributed by atoms with Gasteiger partial charge in [-0.2, -0.15) is 0 Å². The van der Waals surface area contributed by atoms with Gasteiger partial charge in [0.05, 0.1) is 12.0 Å². The standard InChI is InChI=1S/C34H47N3O6/c1-7-37(24(2)38)26-20-25(21-36(22-26)32(40)43-33(3,4)5)31(39)35-23-34(18-12-13-19-41-6)27-14-8-10-16-29(27)42-30-17-11-9-15-28(30)34/h8-11,14-17,25-26H,7,12-13,18-23H2,1-6H3,(H,35,39)/t25-,26+/m0/s1. The molecule has 234 valence electrons. The first kappa shape index (κ1) is 32.3. The number of carbonyl (C=O) groups excluding carboxylic acids is 3. The summed E-state index contributed by atoms with van der Waals surface area (Å²) in [6.07, 6.45) is 2.57. The number of rotatable bonds is 10. The van der Waals surface area contributed by atoms with E-state index in [2.05, 4.69) is 17.4 Å². The second-order valence-corrected chi connectivity index (χ2v) is 12.6. The number of likely N-dealkylation sites (tertiary alicyclic amines) is 1. The number of nitrogens with one attached hydrogen (secondary N) is 1. The summed E-state index contributed by atoms with van der Waals surface area (Å²) in [5.74, 6) is 0.849. The van der Waals surface area contributed by atoms with Crippen molar-refractivity contribution in [3.8, 4) is 11.5 Å². The Labute approximate surface area is 255 Å². The third-order valence-corrected chi connectivity index (χ3v) is 8.43. The fourth-order valence-corrected chi connectivity index (χ4v) is 6.47. The Balaban J connectivity index is 1.63. The second-order valence-electron chi connectivity index (χ2n) is 12.6. The molecule has 0 saturated carbocycles. The summed E-state index contributed by atoms with van der Waals surface area (Å²) in [5.41, 5.74) is 0.892. The van der Waals surface area contributed by atoms with E-state index in [1.807, 2.05) is 64.1 Å². The Bertz CT molecular complexity index is 1240. The molecular weight excluding hydrogens is 546 g/mol. The molecule has 9 heteroatoms. The molecule has 2 atom stereocenters. The molecule has 0 aliphatic carbocycles. The van der Waals surface area contributed by atoms with Crippen LogP contribution >= 0.6 is 0 Å². The van der Waals surface area contributed by atoms with Crippen LogP contribution in [0.4, 0.5) is 4.79 Å². The van der Waals surface area contributed by atoms with E-state index in [0.717, 1.165) is 41.9 Å². The minimum absolute atomic E-state index is 0.0804. The molecule has 1 fully saturated rings. The van der Waals surface area contributed by atoms with Gasteiger partial charge in [0.1, 0.15) is 17.1 Å². The molecule has 2 aliphatic heterocycles. The number of carbonyl (C=O) groups is 3. The van der Waals surface area contributed by atoms with Crippen molar-refractivity contribution < 1.29 is 28.6 Å². The SMILES string of the molecule is CCN(C(C)=O)[C@@H]1C[C@H](C(=O)NCC2(CCCCOC)c3ccccc3Oc3ccccc32)CN(C(=O)OC(C)(C)C)C1. The Hall–Kier alpha value is -3.59. The Morgan fingerprint density at radius 2 is 1.65 bits per heavy atom. The predicted octanol–water partition coefficient (Wildman–Crippen LogP) is 5.51. The summed E-state index contributed by atoms with van der Waals surface area (Å²) in [4.78, 5) is 43.0. The van der Waals surface area contributed by atoms with Crippen LogP contribution in [0.15, 0.2) is 48.5 Å². The molecule has 0 bridgehead atoms. The molecule has 2 aliphatic rings. The Kier molecular flexibility index (Phi) is 10.4. The number of fused-ring (bicyclic) bond motifs is 2. The third-order valence-electron chi connectivity index (χ3n) is 8.43.